The third kappa shape index (κ3) is 8.87. The lowest BCUT2D eigenvalue weighted by atomic mass is 9.94. The van der Waals surface area contributed by atoms with Crippen LogP contribution in [0.2, 0.25) is 0 Å². The van der Waals surface area contributed by atoms with E-state index in [-0.39, 0.29) is 6.04 Å². The van der Waals surface area contributed by atoms with E-state index < -0.39 is 0 Å². The van der Waals surface area contributed by atoms with Crippen LogP contribution in [0.4, 0.5) is 22.7 Å². The third-order valence-electron chi connectivity index (χ3n) is 12.0. The molecule has 0 amide bonds. The first-order chi connectivity index (χ1) is 30.6. The summed E-state index contributed by atoms with van der Waals surface area (Å²) < 4.78 is 0. The Labute approximate surface area is 368 Å². The largest absolute Gasteiger partial charge is 0.334 e. The summed E-state index contributed by atoms with van der Waals surface area (Å²) in [5.41, 5.74) is 18.4. The van der Waals surface area contributed by atoms with Crippen molar-refractivity contribution in [3.05, 3.63) is 259 Å². The number of allylic oxidation sites excluding steroid dienone is 10. The summed E-state index contributed by atoms with van der Waals surface area (Å²) in [6.45, 7) is 4.16. The van der Waals surface area contributed by atoms with Gasteiger partial charge in [0.1, 0.15) is 0 Å². The van der Waals surface area contributed by atoms with Crippen molar-refractivity contribution in [1.82, 2.24) is 0 Å². The van der Waals surface area contributed by atoms with Crippen molar-refractivity contribution < 1.29 is 0 Å². The molecule has 1 unspecified atom stereocenters. The molecule has 0 fully saturated rings. The Balaban J connectivity index is 0.963. The molecule has 0 N–H and O–H groups in total. The number of hydrogen-bond acceptors (Lipinski definition) is 2. The molecule has 2 heteroatoms. The molecule has 0 saturated heterocycles. The Kier molecular flexibility index (Phi) is 12.2. The number of anilines is 4. The highest BCUT2D eigenvalue weighted by atomic mass is 15.2. The van der Waals surface area contributed by atoms with Gasteiger partial charge in [0.15, 0.2) is 0 Å². The lowest BCUT2D eigenvalue weighted by Gasteiger charge is -2.33. The van der Waals surface area contributed by atoms with Crippen molar-refractivity contribution in [2.75, 3.05) is 9.80 Å². The third-order valence-corrected chi connectivity index (χ3v) is 12.0. The van der Waals surface area contributed by atoms with Crippen LogP contribution in [0.15, 0.2) is 242 Å². The van der Waals surface area contributed by atoms with E-state index in [0.717, 1.165) is 30.6 Å². The molecular formula is C60H52N2. The monoisotopic (exact) mass is 800 g/mol. The van der Waals surface area contributed by atoms with Crippen molar-refractivity contribution in [2.45, 2.75) is 39.2 Å². The minimum absolute atomic E-state index is 0.190. The lowest BCUT2D eigenvalue weighted by molar-refractivity contribution is 0.787. The molecule has 7 aromatic rings. The van der Waals surface area contributed by atoms with Gasteiger partial charge in [0, 0.05) is 28.4 Å². The molecule has 62 heavy (non-hydrogen) atoms. The SMILES string of the molecule is CC=CC(=CC)c1ccc(C2=CCC(N(c3ccccc3)c3ccc(-c4ccc(N(C5=CC=C(c6ccccc6)CC5)c5ccc(-c6ccccc6)cc5)cc4)cc3)C=C2)cc1. The van der Waals surface area contributed by atoms with Gasteiger partial charge in [0.05, 0.1) is 6.04 Å². The first kappa shape index (κ1) is 40.0. The molecule has 2 nitrogen and oxygen atoms in total. The van der Waals surface area contributed by atoms with Crippen molar-refractivity contribution in [2.24, 2.45) is 0 Å². The quantitative estimate of drug-likeness (QED) is 0.114. The first-order valence-corrected chi connectivity index (χ1v) is 21.9. The van der Waals surface area contributed by atoms with Crippen LogP contribution >= 0.6 is 0 Å². The second kappa shape index (κ2) is 18.9. The summed E-state index contributed by atoms with van der Waals surface area (Å²) in [4.78, 5) is 4.89. The predicted molar refractivity (Wildman–Crippen MR) is 267 cm³/mol. The molecule has 2 aliphatic rings. The zero-order chi connectivity index (χ0) is 42.1. The fourth-order valence-electron chi connectivity index (χ4n) is 8.77. The Morgan fingerprint density at radius 1 is 0.484 bits per heavy atom. The van der Waals surface area contributed by atoms with Gasteiger partial charge >= 0.3 is 0 Å². The van der Waals surface area contributed by atoms with E-state index in [1.807, 2.05) is 0 Å². The van der Waals surface area contributed by atoms with E-state index in [1.54, 1.807) is 0 Å². The summed E-state index contributed by atoms with van der Waals surface area (Å²) in [7, 11) is 0. The summed E-state index contributed by atoms with van der Waals surface area (Å²) in [6.07, 6.45) is 20.9. The molecule has 0 radical (unpaired) electrons. The van der Waals surface area contributed by atoms with E-state index in [9.17, 15) is 0 Å². The van der Waals surface area contributed by atoms with Crippen molar-refractivity contribution in [3.63, 3.8) is 0 Å². The Morgan fingerprint density at radius 2 is 0.984 bits per heavy atom. The molecule has 2 aliphatic carbocycles. The van der Waals surface area contributed by atoms with Crippen molar-refractivity contribution >= 4 is 39.5 Å². The molecule has 0 aliphatic heterocycles. The van der Waals surface area contributed by atoms with Gasteiger partial charge in [0.25, 0.3) is 0 Å². The van der Waals surface area contributed by atoms with Crippen LogP contribution in [0.5, 0.6) is 0 Å². The number of benzene rings is 7. The maximum absolute atomic E-state index is 2.46. The van der Waals surface area contributed by atoms with Gasteiger partial charge in [-0.25, -0.2) is 0 Å². The highest BCUT2D eigenvalue weighted by Gasteiger charge is 2.22. The van der Waals surface area contributed by atoms with Crippen LogP contribution < -0.4 is 9.80 Å². The topological polar surface area (TPSA) is 6.48 Å². The second-order valence-corrected chi connectivity index (χ2v) is 15.9. The summed E-state index contributed by atoms with van der Waals surface area (Å²) >= 11 is 0. The number of para-hydroxylation sites is 1. The van der Waals surface area contributed by atoms with Crippen LogP contribution in [-0.4, -0.2) is 6.04 Å². The molecule has 302 valence electrons. The van der Waals surface area contributed by atoms with Gasteiger partial charge in [-0.3, -0.25) is 0 Å². The minimum Gasteiger partial charge on any atom is -0.334 e. The number of nitrogens with zero attached hydrogens (tertiary/aromatic N) is 2. The molecule has 9 rings (SSSR count). The zero-order valence-corrected chi connectivity index (χ0v) is 35.6. The molecule has 0 spiro atoms. The smallest absolute Gasteiger partial charge is 0.0560 e. The fraction of sp³-hybridized carbons (Fsp3) is 0.100. The number of hydrogen-bond donors (Lipinski definition) is 0. The minimum atomic E-state index is 0.190. The average molecular weight is 801 g/mol. The molecule has 0 aromatic heterocycles. The molecule has 7 aromatic carbocycles. The van der Waals surface area contributed by atoms with Gasteiger partial charge in [-0.1, -0.05) is 182 Å². The zero-order valence-electron chi connectivity index (χ0n) is 35.6. The van der Waals surface area contributed by atoms with Crippen LogP contribution in [0.1, 0.15) is 49.8 Å². The van der Waals surface area contributed by atoms with E-state index in [0.29, 0.717) is 0 Å². The summed E-state index contributed by atoms with van der Waals surface area (Å²) in [6, 6.07) is 68.4. The molecular weight excluding hydrogens is 749 g/mol. The predicted octanol–water partition coefficient (Wildman–Crippen LogP) is 16.4. The van der Waals surface area contributed by atoms with Crippen LogP contribution in [-0.2, 0) is 0 Å². The van der Waals surface area contributed by atoms with Gasteiger partial charge < -0.3 is 9.80 Å². The Morgan fingerprint density at radius 3 is 1.48 bits per heavy atom. The first-order valence-electron chi connectivity index (χ1n) is 21.9. The second-order valence-electron chi connectivity index (χ2n) is 15.9. The standard InChI is InChI=1S/C60H52N2/c1-3-14-45(4-2)48-21-23-49(24-22-48)52-29-39-56(40-30-52)61(55-19-12-7-13-20-55)57-41-31-53(32-42-57)54-33-43-60(44-34-54)62(58-35-25-50(26-36-58)46-15-8-5-9-16-46)59-37-27-51(28-38-59)47-17-10-6-11-18-47/h3-27,29-37,39,41-44,56H,28,38,40H2,1-2H3. The Hall–Kier alpha value is -7.42. The number of rotatable bonds is 12. The average Bonchev–Trinajstić information content (AvgIpc) is 3.35. The van der Waals surface area contributed by atoms with Gasteiger partial charge in [-0.15, -0.1) is 0 Å². The van der Waals surface area contributed by atoms with Crippen LogP contribution in [0.25, 0.3) is 39.0 Å². The van der Waals surface area contributed by atoms with E-state index in [2.05, 4.69) is 260 Å². The highest BCUT2D eigenvalue weighted by Crippen LogP contribution is 2.39. The summed E-state index contributed by atoms with van der Waals surface area (Å²) in [5.74, 6) is 0. The maximum Gasteiger partial charge on any atom is 0.0560 e. The molecule has 1 atom stereocenters. The fourth-order valence-corrected chi connectivity index (χ4v) is 8.77. The van der Waals surface area contributed by atoms with Gasteiger partial charge in [-0.05, 0) is 143 Å². The normalized spacial score (nSPS) is 15.2. The van der Waals surface area contributed by atoms with Crippen molar-refractivity contribution in [3.8, 4) is 22.3 Å². The maximum atomic E-state index is 2.46. The molecule has 0 heterocycles. The van der Waals surface area contributed by atoms with Gasteiger partial charge in [0.2, 0.25) is 0 Å². The van der Waals surface area contributed by atoms with Gasteiger partial charge in [-0.2, -0.15) is 0 Å². The van der Waals surface area contributed by atoms with Crippen LogP contribution in [0.3, 0.4) is 0 Å². The van der Waals surface area contributed by atoms with Crippen LogP contribution in [0, 0.1) is 0 Å². The summed E-state index contributed by atoms with van der Waals surface area (Å²) in [5, 5.41) is 0. The van der Waals surface area contributed by atoms with E-state index in [4.69, 9.17) is 0 Å². The molecule has 0 bridgehead atoms. The Bertz CT molecular complexity index is 2770. The van der Waals surface area contributed by atoms with E-state index in [1.165, 1.54) is 72.7 Å². The molecule has 0 saturated carbocycles. The van der Waals surface area contributed by atoms with Crippen molar-refractivity contribution in [1.29, 1.82) is 0 Å². The van der Waals surface area contributed by atoms with E-state index >= 15 is 0 Å². The highest BCUT2D eigenvalue weighted by molar-refractivity contribution is 5.81. The lowest BCUT2D eigenvalue weighted by Crippen LogP contribution is -2.30.